The molecule has 20 heteroatoms. The molecule has 0 aromatic carbocycles. The third-order valence-electron chi connectivity index (χ3n) is 19.4. The van der Waals surface area contributed by atoms with E-state index in [1.807, 2.05) is 26.8 Å². The molecule has 424 valence electrons. The lowest BCUT2D eigenvalue weighted by atomic mass is 9.42. The van der Waals surface area contributed by atoms with Gasteiger partial charge in [-0.3, -0.25) is 4.98 Å². The van der Waals surface area contributed by atoms with Gasteiger partial charge >= 0.3 is 5.97 Å². The van der Waals surface area contributed by atoms with Crippen LogP contribution in [-0.2, 0) is 61.6 Å². The first-order valence-electron chi connectivity index (χ1n) is 27.3. The maximum atomic E-state index is 13.7. The van der Waals surface area contributed by atoms with E-state index < -0.39 is 144 Å². The number of nitrogens with zero attached hydrogens (tertiary/aromatic N) is 1. The number of hydrogen-bond donors (Lipinski definition) is 5. The molecule has 0 amide bonds. The number of rotatable bonds is 15. The molecule has 0 radical (unpaired) electrons. The molecule has 8 aliphatic rings. The van der Waals surface area contributed by atoms with E-state index in [4.69, 9.17) is 61.6 Å². The summed E-state index contributed by atoms with van der Waals surface area (Å²) in [7, 11) is 6.49. The largest absolute Gasteiger partial charge is 0.458 e. The summed E-state index contributed by atoms with van der Waals surface area (Å²) in [6, 6.07) is 3.23. The van der Waals surface area contributed by atoms with Gasteiger partial charge in [0.2, 0.25) is 0 Å². The summed E-state index contributed by atoms with van der Waals surface area (Å²) in [5.41, 5.74) is -6.42. The van der Waals surface area contributed by atoms with Crippen LogP contribution in [0.15, 0.2) is 36.2 Å². The minimum absolute atomic E-state index is 0.00464. The van der Waals surface area contributed by atoms with E-state index >= 15 is 0 Å². The van der Waals surface area contributed by atoms with Crippen molar-refractivity contribution in [2.45, 2.75) is 253 Å². The molecule has 7 fully saturated rings. The number of hydrogen-bond acceptors (Lipinski definition) is 20. The molecule has 3 saturated carbocycles. The first-order valence-corrected chi connectivity index (χ1v) is 27.3. The second-order valence-corrected chi connectivity index (χ2v) is 23.3. The summed E-state index contributed by atoms with van der Waals surface area (Å²) >= 11 is 0. The molecule has 75 heavy (non-hydrogen) atoms. The zero-order chi connectivity index (χ0) is 54.0. The van der Waals surface area contributed by atoms with Crippen molar-refractivity contribution in [2.75, 3.05) is 28.4 Å². The summed E-state index contributed by atoms with van der Waals surface area (Å²) in [6.45, 7) is 12.8. The topological polar surface area (TPSA) is 251 Å². The van der Waals surface area contributed by atoms with Crippen molar-refractivity contribution < 1.29 is 91.9 Å². The summed E-state index contributed by atoms with van der Waals surface area (Å²) in [4.78, 5) is 17.8. The van der Waals surface area contributed by atoms with Crippen LogP contribution in [0.1, 0.15) is 129 Å². The van der Waals surface area contributed by atoms with E-state index in [0.29, 0.717) is 44.9 Å². The van der Waals surface area contributed by atoms with E-state index in [1.165, 1.54) is 13.1 Å². The lowest BCUT2D eigenvalue weighted by molar-refractivity contribution is -0.347. The van der Waals surface area contributed by atoms with Gasteiger partial charge in [-0.05, 0) is 97.1 Å². The third kappa shape index (κ3) is 10.1. The summed E-state index contributed by atoms with van der Waals surface area (Å²) < 4.78 is 81.6. The predicted octanol–water partition coefficient (Wildman–Crippen LogP) is 4.02. The minimum Gasteiger partial charge on any atom is -0.458 e. The Morgan fingerprint density at radius 3 is 1.71 bits per heavy atom. The molecule has 4 aliphatic carbocycles. The fraction of sp³-hybridized carbons (Fsp3) is 0.855. The maximum absolute atomic E-state index is 13.7. The smallest absolute Gasteiger partial charge is 0.339 e. The number of aromatic nitrogens is 1. The van der Waals surface area contributed by atoms with Crippen molar-refractivity contribution in [1.82, 2.24) is 4.98 Å². The quantitative estimate of drug-likeness (QED) is 0.123. The van der Waals surface area contributed by atoms with E-state index in [2.05, 4.69) is 11.9 Å². The molecule has 4 saturated heterocycles. The summed E-state index contributed by atoms with van der Waals surface area (Å²) in [5, 5.41) is 59.8. The molecular weight excluding hydrogens is 979 g/mol. The van der Waals surface area contributed by atoms with Gasteiger partial charge in [0.1, 0.15) is 47.3 Å². The predicted molar refractivity (Wildman–Crippen MR) is 265 cm³/mol. The molecular formula is C55H85NO19. The van der Waals surface area contributed by atoms with Crippen LogP contribution in [0.3, 0.4) is 0 Å². The Kier molecular flexibility index (Phi) is 17.1. The number of aliphatic hydroxyl groups is 5. The van der Waals surface area contributed by atoms with Gasteiger partial charge in [-0.15, -0.1) is 0 Å². The van der Waals surface area contributed by atoms with Gasteiger partial charge in [-0.2, -0.15) is 0 Å². The fourth-order valence-corrected chi connectivity index (χ4v) is 14.9. The number of ether oxygens (including phenoxy) is 13. The number of fused-ring (bicyclic) bond motifs is 5. The standard InChI is InChI=1S/C55H85NO19/c1-28-46(58)36(63-8)22-43(67-28)73-48-30(3)69-45(24-38(48)65-10)75-49-31(4)70-44(25-39(49)66-11)74-47-29(2)68-42(23-37(47)64-9)71-35-15-16-51(6)34(21-35)14-17-54(61)40(51)26-41(72-50(59)33-13-12-20-56-27-33)52(7)53(60,32(5)57)18-19-55(52,54)62/h12-14,20,27-32,35-49,57-58,60-62H,15-19,21-26H2,1-11H3/t28-,29+,30+,31-,32-,35-,36+,37-,38-,39-,40+,41+,42-,43+,44-,45-,46-,47+,48+,49+,51-,52+,53+,54-,55+/m0/s1. The average Bonchev–Trinajstić information content (AvgIpc) is 3.62. The van der Waals surface area contributed by atoms with Crippen LogP contribution >= 0.6 is 0 Å². The van der Waals surface area contributed by atoms with Crippen LogP contribution in [0.5, 0.6) is 0 Å². The fourth-order valence-electron chi connectivity index (χ4n) is 14.9. The van der Waals surface area contributed by atoms with Crippen molar-refractivity contribution in [3.63, 3.8) is 0 Å². The first kappa shape index (κ1) is 57.4. The highest BCUT2D eigenvalue weighted by Gasteiger charge is 2.81. The second kappa shape index (κ2) is 22.3. The highest BCUT2D eigenvalue weighted by molar-refractivity contribution is 5.89. The van der Waals surface area contributed by atoms with Gasteiger partial charge in [-0.1, -0.05) is 25.5 Å². The first-order chi connectivity index (χ1) is 35.6. The summed E-state index contributed by atoms with van der Waals surface area (Å²) in [5.74, 6) is -1.22. The second-order valence-electron chi connectivity index (χ2n) is 23.3. The molecule has 0 unspecified atom stereocenters. The molecule has 5 heterocycles. The number of methoxy groups -OCH3 is 4. The molecule has 20 nitrogen and oxygen atoms in total. The Hall–Kier alpha value is -2.32. The van der Waals surface area contributed by atoms with Crippen LogP contribution in [-0.4, -0.2) is 198 Å². The number of carbonyl (C=O) groups is 1. The monoisotopic (exact) mass is 1060 g/mol. The average molecular weight is 1060 g/mol. The Morgan fingerprint density at radius 1 is 0.707 bits per heavy atom. The minimum atomic E-state index is -1.92. The molecule has 9 rings (SSSR count). The Bertz CT molecular complexity index is 2140. The molecule has 0 bridgehead atoms. The summed E-state index contributed by atoms with van der Waals surface area (Å²) in [6.07, 6.45) is -2.12. The van der Waals surface area contributed by atoms with E-state index in [1.54, 1.807) is 60.6 Å². The highest BCUT2D eigenvalue weighted by atomic mass is 16.8. The van der Waals surface area contributed by atoms with Crippen molar-refractivity contribution in [1.29, 1.82) is 0 Å². The van der Waals surface area contributed by atoms with Crippen molar-refractivity contribution >= 4 is 5.97 Å². The Morgan fingerprint density at radius 2 is 1.21 bits per heavy atom. The maximum Gasteiger partial charge on any atom is 0.339 e. The number of aliphatic hydroxyl groups excluding tert-OH is 2. The van der Waals surface area contributed by atoms with Gasteiger partial charge in [0.25, 0.3) is 0 Å². The van der Waals surface area contributed by atoms with Crippen LogP contribution in [0.25, 0.3) is 0 Å². The van der Waals surface area contributed by atoms with Gasteiger partial charge in [0, 0.05) is 72.4 Å². The van der Waals surface area contributed by atoms with Gasteiger partial charge in [-0.25, -0.2) is 4.79 Å². The van der Waals surface area contributed by atoms with Crippen LogP contribution in [0.2, 0.25) is 0 Å². The molecule has 4 aliphatic heterocycles. The lowest BCUT2D eigenvalue weighted by Crippen LogP contribution is -2.78. The third-order valence-corrected chi connectivity index (χ3v) is 19.4. The zero-order valence-electron chi connectivity index (χ0n) is 45.6. The van der Waals surface area contributed by atoms with Crippen molar-refractivity contribution in [3.8, 4) is 0 Å². The lowest BCUT2D eigenvalue weighted by Gasteiger charge is -2.67. The van der Waals surface area contributed by atoms with Crippen LogP contribution < -0.4 is 0 Å². The Balaban J connectivity index is 0.809. The SMILES string of the molecule is CO[C@H]1C[C@H](O[C@H]2[C@@H](OC)C[C@H](O[C@H]3CC[C@@]4(C)C(=CC[C@]5(O)[C@@H]4C[C@@H](OC(=O)c4cccnc4)[C@@]4(C)[C@]5(O)CC[C@@]4(O)[C@H](C)O)C3)O[C@@H]2C)O[C@@H](C)[C@H]1O[C@H]1C[C@H](OC)[C@H](O[C@@H]2C[C@@H](OC)[C@@H](O)[C@H](C)O2)[C@@H](C)O1. The zero-order valence-corrected chi connectivity index (χ0v) is 45.6. The number of pyridine rings is 1. The Labute approximate surface area is 441 Å². The van der Waals surface area contributed by atoms with Crippen molar-refractivity contribution in [2.24, 2.45) is 16.7 Å². The van der Waals surface area contributed by atoms with E-state index in [0.717, 1.165) is 5.57 Å². The van der Waals surface area contributed by atoms with Crippen LogP contribution in [0, 0.1) is 16.7 Å². The van der Waals surface area contributed by atoms with Gasteiger partial charge in [0.05, 0.1) is 72.0 Å². The molecule has 25 atom stereocenters. The molecule has 0 spiro atoms. The van der Waals surface area contributed by atoms with Crippen LogP contribution in [0.4, 0.5) is 0 Å². The van der Waals surface area contributed by atoms with E-state index in [-0.39, 0.29) is 43.5 Å². The number of esters is 1. The molecule has 5 N–H and O–H groups in total. The van der Waals surface area contributed by atoms with Gasteiger partial charge < -0.3 is 87.1 Å². The normalized spacial score (nSPS) is 49.4. The number of carbonyl (C=O) groups excluding carboxylic acids is 1. The highest BCUT2D eigenvalue weighted by Crippen LogP contribution is 2.71. The van der Waals surface area contributed by atoms with Gasteiger partial charge in [0.15, 0.2) is 25.2 Å². The molecule has 1 aromatic heterocycles. The van der Waals surface area contributed by atoms with E-state index in [9.17, 15) is 30.3 Å². The molecule has 1 aromatic rings. The van der Waals surface area contributed by atoms with Crippen molar-refractivity contribution in [3.05, 3.63) is 41.7 Å².